The largest absolute Gasteiger partial charge is 0.388 e. The summed E-state index contributed by atoms with van der Waals surface area (Å²) < 4.78 is 0. The maximum atomic E-state index is 10.2. The molecule has 0 amide bonds. The Labute approximate surface area is 124 Å². The van der Waals surface area contributed by atoms with Crippen LogP contribution in [0.25, 0.3) is 0 Å². The smallest absolute Gasteiger partial charge is 0.0790 e. The minimum Gasteiger partial charge on any atom is -0.388 e. The maximum Gasteiger partial charge on any atom is 0.0790 e. The third-order valence-electron chi connectivity index (χ3n) is 3.79. The molecule has 0 aliphatic carbocycles. The Morgan fingerprint density at radius 2 is 1.45 bits per heavy atom. The molecule has 0 bridgehead atoms. The number of aliphatic hydroxyl groups is 1. The zero-order valence-electron chi connectivity index (χ0n) is 13.2. The van der Waals surface area contributed by atoms with E-state index in [-0.39, 0.29) is 6.10 Å². The first-order valence-electron chi connectivity index (χ1n) is 8.23. The lowest BCUT2D eigenvalue weighted by molar-refractivity contribution is 0.154. The molecule has 0 aliphatic heterocycles. The van der Waals surface area contributed by atoms with Gasteiger partial charge in [-0.1, -0.05) is 57.0 Å². The minimum atomic E-state index is -0.310. The van der Waals surface area contributed by atoms with Crippen LogP contribution in [0.5, 0.6) is 0 Å². The predicted molar refractivity (Wildman–Crippen MR) is 86.9 cm³/mol. The van der Waals surface area contributed by atoms with Crippen LogP contribution in [-0.2, 0) is 0 Å². The van der Waals surface area contributed by atoms with Crippen molar-refractivity contribution >= 4 is 0 Å². The molecule has 20 heavy (non-hydrogen) atoms. The fraction of sp³-hybridized carbons (Fsp3) is 0.667. The molecular weight excluding hydrogens is 246 g/mol. The molecular formula is C18H31NO. The number of hydrogen-bond acceptors (Lipinski definition) is 2. The Balaban J connectivity index is 2.28. The Morgan fingerprint density at radius 3 is 2.00 bits per heavy atom. The molecule has 1 aromatic carbocycles. The fourth-order valence-corrected chi connectivity index (χ4v) is 2.45. The van der Waals surface area contributed by atoms with Gasteiger partial charge < -0.3 is 10.0 Å². The van der Waals surface area contributed by atoms with Crippen molar-refractivity contribution in [2.45, 2.75) is 58.5 Å². The summed E-state index contributed by atoms with van der Waals surface area (Å²) in [4.78, 5) is 2.56. The van der Waals surface area contributed by atoms with E-state index in [1.807, 2.05) is 30.3 Å². The molecule has 0 aromatic heterocycles. The van der Waals surface area contributed by atoms with Crippen LogP contribution in [0.1, 0.15) is 64.0 Å². The second kappa shape index (κ2) is 10.9. The first kappa shape index (κ1) is 17.2. The average Bonchev–Trinajstić information content (AvgIpc) is 2.50. The van der Waals surface area contributed by atoms with Gasteiger partial charge in [-0.25, -0.2) is 0 Å². The van der Waals surface area contributed by atoms with Crippen molar-refractivity contribution in [3.05, 3.63) is 35.9 Å². The molecule has 2 heteroatoms. The molecule has 0 radical (unpaired) electrons. The summed E-state index contributed by atoms with van der Waals surface area (Å²) in [6.45, 7) is 8.02. The van der Waals surface area contributed by atoms with Crippen LogP contribution in [0.3, 0.4) is 0 Å². The third kappa shape index (κ3) is 7.06. The molecule has 0 fully saturated rings. The maximum absolute atomic E-state index is 10.2. The summed E-state index contributed by atoms with van der Waals surface area (Å²) in [7, 11) is 0. The lowest BCUT2D eigenvalue weighted by Crippen LogP contribution is -2.27. The molecule has 0 spiro atoms. The normalized spacial score (nSPS) is 12.8. The Morgan fingerprint density at radius 1 is 0.900 bits per heavy atom. The van der Waals surface area contributed by atoms with E-state index in [0.717, 1.165) is 24.9 Å². The van der Waals surface area contributed by atoms with E-state index in [0.29, 0.717) is 0 Å². The average molecular weight is 277 g/mol. The van der Waals surface area contributed by atoms with Gasteiger partial charge in [0, 0.05) is 0 Å². The molecule has 2 nitrogen and oxygen atoms in total. The van der Waals surface area contributed by atoms with Gasteiger partial charge >= 0.3 is 0 Å². The topological polar surface area (TPSA) is 23.5 Å². The van der Waals surface area contributed by atoms with Crippen LogP contribution in [0.2, 0.25) is 0 Å². The zero-order valence-corrected chi connectivity index (χ0v) is 13.2. The lowest BCUT2D eigenvalue weighted by atomic mass is 10.0. The number of unbranched alkanes of at least 4 members (excludes halogenated alkanes) is 2. The van der Waals surface area contributed by atoms with Crippen LogP contribution in [0.15, 0.2) is 30.3 Å². The number of rotatable bonds is 11. The molecule has 114 valence electrons. The summed E-state index contributed by atoms with van der Waals surface area (Å²) in [5, 5.41) is 10.2. The van der Waals surface area contributed by atoms with Gasteiger partial charge in [-0.2, -0.15) is 0 Å². The van der Waals surface area contributed by atoms with Gasteiger partial charge in [0.15, 0.2) is 0 Å². The fourth-order valence-electron chi connectivity index (χ4n) is 2.45. The quantitative estimate of drug-likeness (QED) is 0.648. The Hall–Kier alpha value is -0.860. The van der Waals surface area contributed by atoms with Crippen LogP contribution < -0.4 is 0 Å². The molecule has 1 unspecified atom stereocenters. The van der Waals surface area contributed by atoms with Gasteiger partial charge in [-0.05, 0) is 50.9 Å². The summed E-state index contributed by atoms with van der Waals surface area (Å²) >= 11 is 0. The molecule has 1 N–H and O–H groups in total. The first-order valence-corrected chi connectivity index (χ1v) is 8.23. The second-order valence-corrected chi connectivity index (χ2v) is 5.62. The van der Waals surface area contributed by atoms with E-state index in [1.54, 1.807) is 0 Å². The number of nitrogens with zero attached hydrogens (tertiary/aromatic N) is 1. The Kier molecular flexibility index (Phi) is 9.35. The van der Waals surface area contributed by atoms with E-state index < -0.39 is 0 Å². The highest BCUT2D eigenvalue weighted by atomic mass is 16.3. The van der Waals surface area contributed by atoms with Crippen molar-refractivity contribution in [3.8, 4) is 0 Å². The van der Waals surface area contributed by atoms with Crippen LogP contribution in [0.4, 0.5) is 0 Å². The number of aliphatic hydroxyl groups excluding tert-OH is 1. The zero-order chi connectivity index (χ0) is 14.6. The van der Waals surface area contributed by atoms with Crippen molar-refractivity contribution in [2.24, 2.45) is 0 Å². The van der Waals surface area contributed by atoms with Crippen molar-refractivity contribution in [1.29, 1.82) is 0 Å². The monoisotopic (exact) mass is 277 g/mol. The summed E-state index contributed by atoms with van der Waals surface area (Å²) in [6, 6.07) is 10.0. The van der Waals surface area contributed by atoms with Crippen molar-refractivity contribution in [1.82, 2.24) is 4.90 Å². The minimum absolute atomic E-state index is 0.310. The van der Waals surface area contributed by atoms with E-state index in [4.69, 9.17) is 0 Å². The molecule has 0 saturated heterocycles. The standard InChI is InChI=1S/C18H31NO/c1-3-5-14-19(15-6-4-2)16-10-13-18(20)17-11-8-7-9-12-17/h7-9,11-12,18,20H,3-6,10,13-16H2,1-2H3. The molecule has 0 heterocycles. The number of benzene rings is 1. The van der Waals surface area contributed by atoms with Gasteiger partial charge in [0.25, 0.3) is 0 Å². The SMILES string of the molecule is CCCCN(CCCC)CCCC(O)c1ccccc1. The van der Waals surface area contributed by atoms with Crippen molar-refractivity contribution in [3.63, 3.8) is 0 Å². The summed E-state index contributed by atoms with van der Waals surface area (Å²) in [5.41, 5.74) is 1.04. The van der Waals surface area contributed by atoms with Gasteiger partial charge in [-0.3, -0.25) is 0 Å². The lowest BCUT2D eigenvalue weighted by Gasteiger charge is -2.22. The highest BCUT2D eigenvalue weighted by molar-refractivity contribution is 5.16. The molecule has 1 aromatic rings. The molecule has 0 saturated carbocycles. The van der Waals surface area contributed by atoms with Crippen LogP contribution in [0, 0.1) is 0 Å². The van der Waals surface area contributed by atoms with Gasteiger partial charge in [0.05, 0.1) is 6.10 Å². The second-order valence-electron chi connectivity index (χ2n) is 5.62. The van der Waals surface area contributed by atoms with E-state index in [1.165, 1.54) is 38.8 Å². The van der Waals surface area contributed by atoms with E-state index in [2.05, 4.69) is 18.7 Å². The van der Waals surface area contributed by atoms with Gasteiger partial charge in [0.1, 0.15) is 0 Å². The molecule has 0 aliphatic rings. The highest BCUT2D eigenvalue weighted by Gasteiger charge is 2.08. The van der Waals surface area contributed by atoms with Gasteiger partial charge in [-0.15, -0.1) is 0 Å². The summed E-state index contributed by atoms with van der Waals surface area (Å²) in [5.74, 6) is 0. The first-order chi connectivity index (χ1) is 9.77. The van der Waals surface area contributed by atoms with Gasteiger partial charge in [0.2, 0.25) is 0 Å². The van der Waals surface area contributed by atoms with E-state index in [9.17, 15) is 5.11 Å². The highest BCUT2D eigenvalue weighted by Crippen LogP contribution is 2.18. The summed E-state index contributed by atoms with van der Waals surface area (Å²) in [6.07, 6.45) is 6.71. The van der Waals surface area contributed by atoms with E-state index >= 15 is 0 Å². The van der Waals surface area contributed by atoms with Crippen molar-refractivity contribution < 1.29 is 5.11 Å². The molecule has 1 atom stereocenters. The number of hydrogen-bond donors (Lipinski definition) is 1. The Bertz CT molecular complexity index is 317. The third-order valence-corrected chi connectivity index (χ3v) is 3.79. The molecule has 1 rings (SSSR count). The van der Waals surface area contributed by atoms with Crippen molar-refractivity contribution in [2.75, 3.05) is 19.6 Å². The van der Waals surface area contributed by atoms with Crippen LogP contribution >= 0.6 is 0 Å². The predicted octanol–water partition coefficient (Wildman–Crippen LogP) is 4.40. The van der Waals surface area contributed by atoms with Crippen LogP contribution in [-0.4, -0.2) is 29.6 Å².